The second-order valence-electron chi connectivity index (χ2n) is 6.88. The zero-order chi connectivity index (χ0) is 14.4. The standard InChI is InChI=1S/C15H24O3/c1-10(16)13(4)7-14(5,11(2)17)9-15(6,8-13)12(3)18/h7-9H2,1-6H3. The predicted molar refractivity (Wildman–Crippen MR) is 70.2 cm³/mol. The number of carbonyl (C=O) groups is 3. The van der Waals surface area contributed by atoms with Crippen LogP contribution in [0.4, 0.5) is 0 Å². The van der Waals surface area contributed by atoms with E-state index in [2.05, 4.69) is 0 Å². The SMILES string of the molecule is CC(=O)C1(C)CC(C)(C(C)=O)CC(C)(C(C)=O)C1. The normalized spacial score (nSPS) is 40.3. The van der Waals surface area contributed by atoms with Crippen molar-refractivity contribution >= 4 is 17.3 Å². The molecule has 18 heavy (non-hydrogen) atoms. The van der Waals surface area contributed by atoms with Gasteiger partial charge in [0, 0.05) is 16.2 Å². The number of rotatable bonds is 3. The molecule has 0 unspecified atom stereocenters. The first-order chi connectivity index (χ1) is 7.95. The molecule has 0 spiro atoms. The maximum Gasteiger partial charge on any atom is 0.135 e. The second-order valence-corrected chi connectivity index (χ2v) is 6.88. The Morgan fingerprint density at radius 2 is 0.778 bits per heavy atom. The number of carbonyl (C=O) groups excluding carboxylic acids is 3. The Hall–Kier alpha value is -0.990. The van der Waals surface area contributed by atoms with Gasteiger partial charge in [-0.25, -0.2) is 0 Å². The summed E-state index contributed by atoms with van der Waals surface area (Å²) in [6.45, 7) is 10.3. The van der Waals surface area contributed by atoms with Crippen LogP contribution in [0.2, 0.25) is 0 Å². The monoisotopic (exact) mass is 252 g/mol. The molecule has 1 fully saturated rings. The van der Waals surface area contributed by atoms with Crippen LogP contribution in [0.1, 0.15) is 60.8 Å². The van der Waals surface area contributed by atoms with E-state index < -0.39 is 16.2 Å². The minimum absolute atomic E-state index is 0.0714. The molecule has 1 saturated carbocycles. The fourth-order valence-corrected chi connectivity index (χ4v) is 3.52. The fourth-order valence-electron chi connectivity index (χ4n) is 3.52. The first-order valence-electron chi connectivity index (χ1n) is 6.48. The molecule has 0 aromatic rings. The van der Waals surface area contributed by atoms with Crippen LogP contribution in [0.15, 0.2) is 0 Å². The quantitative estimate of drug-likeness (QED) is 0.776. The molecule has 1 aliphatic rings. The summed E-state index contributed by atoms with van der Waals surface area (Å²) in [5.74, 6) is 0.214. The van der Waals surface area contributed by atoms with E-state index in [1.54, 1.807) is 20.8 Å². The Morgan fingerprint density at radius 1 is 0.611 bits per heavy atom. The van der Waals surface area contributed by atoms with Crippen molar-refractivity contribution in [2.75, 3.05) is 0 Å². The van der Waals surface area contributed by atoms with Gasteiger partial charge >= 0.3 is 0 Å². The molecule has 0 amide bonds. The van der Waals surface area contributed by atoms with Crippen molar-refractivity contribution in [2.24, 2.45) is 16.2 Å². The largest absolute Gasteiger partial charge is 0.299 e. The number of Topliss-reactive ketones (excluding diaryl/α,β-unsaturated/α-hetero) is 3. The van der Waals surface area contributed by atoms with E-state index in [-0.39, 0.29) is 17.3 Å². The molecule has 3 nitrogen and oxygen atoms in total. The molecule has 0 heterocycles. The van der Waals surface area contributed by atoms with E-state index in [4.69, 9.17) is 0 Å². The first-order valence-corrected chi connectivity index (χ1v) is 6.48. The van der Waals surface area contributed by atoms with Crippen molar-refractivity contribution in [2.45, 2.75) is 60.8 Å². The fraction of sp³-hybridized carbons (Fsp3) is 0.800. The summed E-state index contributed by atoms with van der Waals surface area (Å²) < 4.78 is 0. The van der Waals surface area contributed by atoms with Crippen molar-refractivity contribution in [3.05, 3.63) is 0 Å². The minimum Gasteiger partial charge on any atom is -0.299 e. The molecule has 0 aromatic carbocycles. The van der Waals surface area contributed by atoms with Crippen molar-refractivity contribution < 1.29 is 14.4 Å². The summed E-state index contributed by atoms with van der Waals surface area (Å²) in [7, 11) is 0. The zero-order valence-corrected chi connectivity index (χ0v) is 12.3. The molecule has 0 saturated heterocycles. The summed E-state index contributed by atoms with van der Waals surface area (Å²) in [4.78, 5) is 35.8. The van der Waals surface area contributed by atoms with E-state index in [0.717, 1.165) is 0 Å². The molecule has 0 radical (unpaired) electrons. The number of ketones is 3. The summed E-state index contributed by atoms with van der Waals surface area (Å²) in [6.07, 6.45) is 1.65. The topological polar surface area (TPSA) is 51.2 Å². The molecule has 0 aliphatic heterocycles. The Kier molecular flexibility index (Phi) is 3.59. The summed E-state index contributed by atoms with van der Waals surface area (Å²) in [6, 6.07) is 0. The van der Waals surface area contributed by atoms with E-state index in [0.29, 0.717) is 19.3 Å². The minimum atomic E-state index is -0.570. The Bertz CT molecular complexity index is 338. The highest BCUT2D eigenvalue weighted by Gasteiger charge is 2.54. The molecular formula is C15H24O3. The zero-order valence-electron chi connectivity index (χ0n) is 12.3. The van der Waals surface area contributed by atoms with Gasteiger partial charge < -0.3 is 0 Å². The average Bonchev–Trinajstić information content (AvgIpc) is 2.14. The molecule has 3 heteroatoms. The van der Waals surface area contributed by atoms with Gasteiger partial charge in [-0.1, -0.05) is 20.8 Å². The lowest BCUT2D eigenvalue weighted by molar-refractivity contribution is -0.148. The lowest BCUT2D eigenvalue weighted by Gasteiger charge is -2.50. The van der Waals surface area contributed by atoms with E-state index in [1.807, 2.05) is 20.8 Å². The van der Waals surface area contributed by atoms with Gasteiger partial charge in [0.2, 0.25) is 0 Å². The maximum absolute atomic E-state index is 11.9. The van der Waals surface area contributed by atoms with E-state index in [9.17, 15) is 14.4 Å². The lowest BCUT2D eigenvalue weighted by atomic mass is 9.52. The van der Waals surface area contributed by atoms with Crippen molar-refractivity contribution in [3.63, 3.8) is 0 Å². The third-order valence-electron chi connectivity index (χ3n) is 4.89. The Balaban J connectivity index is 3.28. The maximum atomic E-state index is 11.9. The number of hydrogen-bond donors (Lipinski definition) is 0. The highest BCUT2D eigenvalue weighted by Crippen LogP contribution is 2.55. The van der Waals surface area contributed by atoms with Crippen LogP contribution in [-0.4, -0.2) is 17.3 Å². The molecule has 1 rings (SSSR count). The Morgan fingerprint density at radius 3 is 0.889 bits per heavy atom. The van der Waals surface area contributed by atoms with Crippen LogP contribution in [0.3, 0.4) is 0 Å². The van der Waals surface area contributed by atoms with Crippen molar-refractivity contribution in [1.29, 1.82) is 0 Å². The third kappa shape index (κ3) is 2.40. The number of hydrogen-bond acceptors (Lipinski definition) is 3. The predicted octanol–water partition coefficient (Wildman–Crippen LogP) is 2.96. The highest BCUT2D eigenvalue weighted by atomic mass is 16.1. The second kappa shape index (κ2) is 4.29. The van der Waals surface area contributed by atoms with Gasteiger partial charge in [-0.05, 0) is 40.0 Å². The van der Waals surface area contributed by atoms with Gasteiger partial charge in [0.1, 0.15) is 17.3 Å². The van der Waals surface area contributed by atoms with Crippen molar-refractivity contribution in [3.8, 4) is 0 Å². The van der Waals surface area contributed by atoms with Crippen LogP contribution in [0, 0.1) is 16.2 Å². The highest BCUT2D eigenvalue weighted by molar-refractivity contribution is 5.90. The molecule has 102 valence electrons. The third-order valence-corrected chi connectivity index (χ3v) is 4.89. The van der Waals surface area contributed by atoms with Crippen LogP contribution in [0.25, 0.3) is 0 Å². The summed E-state index contributed by atoms with van der Waals surface area (Å²) in [5, 5.41) is 0. The van der Waals surface area contributed by atoms with Gasteiger partial charge in [0.15, 0.2) is 0 Å². The summed E-state index contributed by atoms with van der Waals surface area (Å²) >= 11 is 0. The lowest BCUT2D eigenvalue weighted by Crippen LogP contribution is -2.50. The van der Waals surface area contributed by atoms with Crippen molar-refractivity contribution in [1.82, 2.24) is 0 Å². The molecular weight excluding hydrogens is 228 g/mol. The van der Waals surface area contributed by atoms with Gasteiger partial charge in [-0.15, -0.1) is 0 Å². The Labute approximate surface area is 109 Å². The van der Waals surface area contributed by atoms with E-state index >= 15 is 0 Å². The van der Waals surface area contributed by atoms with Crippen LogP contribution in [-0.2, 0) is 14.4 Å². The van der Waals surface area contributed by atoms with Crippen LogP contribution >= 0.6 is 0 Å². The van der Waals surface area contributed by atoms with Gasteiger partial charge in [0.05, 0.1) is 0 Å². The van der Waals surface area contributed by atoms with Gasteiger partial charge in [-0.3, -0.25) is 14.4 Å². The molecule has 0 aromatic heterocycles. The smallest absolute Gasteiger partial charge is 0.135 e. The van der Waals surface area contributed by atoms with E-state index in [1.165, 1.54) is 0 Å². The first kappa shape index (κ1) is 15.1. The molecule has 0 atom stereocenters. The summed E-state index contributed by atoms with van der Waals surface area (Å²) in [5.41, 5.74) is -1.71. The van der Waals surface area contributed by atoms with Crippen LogP contribution in [0.5, 0.6) is 0 Å². The average molecular weight is 252 g/mol. The van der Waals surface area contributed by atoms with Crippen LogP contribution < -0.4 is 0 Å². The molecule has 0 bridgehead atoms. The van der Waals surface area contributed by atoms with Gasteiger partial charge in [-0.2, -0.15) is 0 Å². The van der Waals surface area contributed by atoms with Gasteiger partial charge in [0.25, 0.3) is 0 Å². The molecule has 0 N–H and O–H groups in total. The molecule has 1 aliphatic carbocycles.